The van der Waals surface area contributed by atoms with E-state index >= 15 is 24.0 Å². The number of aromatic nitrogens is 6. The molecule has 0 saturated carbocycles. The zero-order valence-corrected chi connectivity index (χ0v) is 73.4. The molecule has 43 heteroatoms. The number of aliphatic hydroxyl groups is 4. The van der Waals surface area contributed by atoms with Crippen LogP contribution >= 0.6 is 23.2 Å². The molecular formula is C90H101Cl2N13O28. The van der Waals surface area contributed by atoms with Crippen molar-refractivity contribution in [1.29, 1.82) is 0 Å². The van der Waals surface area contributed by atoms with E-state index in [9.17, 15) is 65.8 Å². The number of fused-ring (bicyclic) bond motifs is 14. The average molecular weight is 1880 g/mol. The van der Waals surface area contributed by atoms with Gasteiger partial charge in [0.05, 0.1) is 101 Å². The minimum Gasteiger partial charge on any atom is -0.508 e. The summed E-state index contributed by atoms with van der Waals surface area (Å²) in [6, 6.07) is 5.58. The highest BCUT2D eigenvalue weighted by Gasteiger charge is 2.50. The van der Waals surface area contributed by atoms with Gasteiger partial charge in [0.25, 0.3) is 0 Å². The zero-order valence-electron chi connectivity index (χ0n) is 71.9. The first-order chi connectivity index (χ1) is 64.1. The number of nitrogens with one attached hydrogen (secondary N) is 7. The first kappa shape index (κ1) is 96.5. The predicted molar refractivity (Wildman–Crippen MR) is 466 cm³/mol. The smallest absolute Gasteiger partial charge is 0.330 e. The molecule has 0 aliphatic carbocycles. The normalized spacial score (nSPS) is 22.5. The molecule has 0 spiro atoms. The fourth-order valence-electron chi connectivity index (χ4n) is 16.0. The second kappa shape index (κ2) is 44.3. The molecule has 18 N–H and O–H groups in total. The molecule has 17 bridgehead atoms. The van der Waals surface area contributed by atoms with Crippen molar-refractivity contribution in [2.75, 3.05) is 59.5 Å². The van der Waals surface area contributed by atoms with Crippen LogP contribution in [0, 0.1) is 0 Å². The number of aromatic hydroxyl groups is 6. The minimum atomic E-state index is -2.49. The summed E-state index contributed by atoms with van der Waals surface area (Å²) in [4.78, 5) is 106. The van der Waals surface area contributed by atoms with E-state index in [1.165, 1.54) is 97.9 Å². The van der Waals surface area contributed by atoms with Crippen molar-refractivity contribution in [2.45, 2.75) is 177 Å². The van der Waals surface area contributed by atoms with Crippen LogP contribution in [-0.4, -0.2) is 236 Å². The van der Waals surface area contributed by atoms with Gasteiger partial charge in [-0.05, 0) is 119 Å². The van der Waals surface area contributed by atoms with Gasteiger partial charge in [0, 0.05) is 48.8 Å². The third-order valence-electron chi connectivity index (χ3n) is 22.6. The van der Waals surface area contributed by atoms with Gasteiger partial charge in [-0.15, -0.1) is 10.2 Å². The van der Waals surface area contributed by atoms with Crippen molar-refractivity contribution in [3.8, 4) is 80.1 Å². The van der Waals surface area contributed by atoms with Crippen LogP contribution in [0.2, 0.25) is 10.0 Å². The number of ether oxygens (including phenoxy) is 10. The molecule has 7 aromatic carbocycles. The number of hydrogen-bond donors (Lipinski definition) is 18. The fraction of sp³-hybridized carbons (Fsp3) is 0.411. The highest BCUT2D eigenvalue weighted by Crippen LogP contribution is 2.49. The van der Waals surface area contributed by atoms with Gasteiger partial charge in [-0.3, -0.25) is 34.1 Å². The topological polar surface area (TPSA) is 580 Å². The highest BCUT2D eigenvalue weighted by atomic mass is 35.5. The Labute approximate surface area is 769 Å². The second-order valence-corrected chi connectivity index (χ2v) is 33.1. The molecule has 9 aromatic rings. The summed E-state index contributed by atoms with van der Waals surface area (Å²) in [7, 11) is 0. The summed E-state index contributed by atoms with van der Waals surface area (Å²) in [6.07, 6.45) is 0.259. The maximum Gasteiger partial charge on any atom is 0.330 e. The van der Waals surface area contributed by atoms with Gasteiger partial charge in [0.2, 0.25) is 41.2 Å². The molecule has 9 heterocycles. The van der Waals surface area contributed by atoms with Crippen molar-refractivity contribution in [2.24, 2.45) is 0 Å². The number of carbonyl (C=O) groups excluding carboxylic acids is 6. The van der Waals surface area contributed by atoms with Crippen molar-refractivity contribution in [1.82, 2.24) is 67.2 Å². The largest absolute Gasteiger partial charge is 0.508 e. The maximum absolute atomic E-state index is 16.2. The molecule has 708 valence electrons. The molecule has 0 radical (unpaired) electrons. The molecule has 2 aromatic heterocycles. The van der Waals surface area contributed by atoms with E-state index in [2.05, 4.69) is 64.8 Å². The number of phenols is 6. The number of amides is 6. The molecule has 16 rings (SSSR count). The summed E-state index contributed by atoms with van der Waals surface area (Å²) in [5, 5.41) is 163. The van der Waals surface area contributed by atoms with E-state index in [0.29, 0.717) is 39.6 Å². The summed E-state index contributed by atoms with van der Waals surface area (Å²) in [5.41, 5.74) is -1.51. The number of rotatable bonds is 31. The van der Waals surface area contributed by atoms with E-state index in [-0.39, 0.29) is 100 Å². The zero-order chi connectivity index (χ0) is 94.3. The van der Waals surface area contributed by atoms with Crippen molar-refractivity contribution in [3.05, 3.63) is 188 Å². The van der Waals surface area contributed by atoms with E-state index in [0.717, 1.165) is 92.2 Å². The Kier molecular flexibility index (Phi) is 32.1. The first-order valence-corrected chi connectivity index (χ1v) is 43.8. The Morgan fingerprint density at radius 3 is 1.86 bits per heavy atom. The average Bonchev–Trinajstić information content (AvgIpc) is 1.18. The molecule has 133 heavy (non-hydrogen) atoms. The molecular weight excluding hydrogens is 1780 g/mol. The molecule has 7 aliphatic rings. The number of phenolic OH excluding ortho intramolecular Hbond substituents is 6. The molecule has 1 unspecified atom stereocenters. The van der Waals surface area contributed by atoms with Gasteiger partial charge in [0.15, 0.2) is 41.4 Å². The quantitative estimate of drug-likeness (QED) is 0.0208. The molecule has 6 amide bonds. The van der Waals surface area contributed by atoms with Crippen molar-refractivity contribution in [3.63, 3.8) is 0 Å². The lowest BCUT2D eigenvalue weighted by atomic mass is 9.89. The monoisotopic (exact) mass is 1880 g/mol. The maximum atomic E-state index is 16.2. The van der Waals surface area contributed by atoms with E-state index in [1.54, 1.807) is 4.68 Å². The predicted octanol–water partition coefficient (Wildman–Crippen LogP) is 6.44. The molecule has 1 fully saturated rings. The summed E-state index contributed by atoms with van der Waals surface area (Å²) >= 11 is 14.3. The Morgan fingerprint density at radius 1 is 0.541 bits per heavy atom. The lowest BCUT2D eigenvalue weighted by Gasteiger charge is -2.44. The number of halogens is 2. The second-order valence-electron chi connectivity index (χ2n) is 32.3. The van der Waals surface area contributed by atoms with E-state index in [1.807, 2.05) is 6.20 Å². The number of aliphatic hydroxyl groups excluding tert-OH is 4. The third-order valence-corrected chi connectivity index (χ3v) is 23.2. The Balaban J connectivity index is 0.756. The van der Waals surface area contributed by atoms with Gasteiger partial charge >= 0.3 is 5.97 Å². The van der Waals surface area contributed by atoms with Crippen LogP contribution in [0.25, 0.3) is 11.1 Å². The van der Waals surface area contributed by atoms with Crippen LogP contribution in [0.3, 0.4) is 0 Å². The van der Waals surface area contributed by atoms with Gasteiger partial charge in [-0.1, -0.05) is 110 Å². The van der Waals surface area contributed by atoms with Crippen LogP contribution < -0.4 is 51.4 Å². The number of nitrogens with zero attached hydrogens (tertiary/aromatic N) is 6. The van der Waals surface area contributed by atoms with Crippen LogP contribution in [0.1, 0.15) is 152 Å². The van der Waals surface area contributed by atoms with E-state index in [4.69, 9.17) is 70.6 Å². The van der Waals surface area contributed by atoms with Crippen molar-refractivity contribution < 1.29 is 137 Å². The third kappa shape index (κ3) is 23.7. The summed E-state index contributed by atoms with van der Waals surface area (Å²) < 4.78 is 63.5. The highest BCUT2D eigenvalue weighted by molar-refractivity contribution is 6.32. The Hall–Kier alpha value is -12.6. The molecule has 1 saturated heterocycles. The number of aliphatic carboxylic acids is 1. The number of carbonyl (C=O) groups is 7. The molecule has 7 aliphatic heterocycles. The SMILES string of the molecule is CCCCCCCCCCOCc1cn(CCOCCOCCOCCOCc2cn([C@H]3C(=O)N[C@@H]4Cc5ccc(c(Cl)c5)Oc5cc6cc(c5O)Oc5ccc(cc5Cl)[C@@H](O[C@@H]5O[C@H](CO)[C@@H](O)[C@H](O)[C@H]5NC(C)=O)[C@H]5NC(=O)[C@H](NC(O)[C@@H]6NC(=O)[C@@H](NC4=O)c4cc(O)cc(c4)Oc4cc3ccc4O)c3ccc(O)c(c3)-c3c(O)cc(O)cc3[C@H](C(=O)O)NC5=O)nn2)nn1. The fourth-order valence-corrected chi connectivity index (χ4v) is 16.5. The van der Waals surface area contributed by atoms with E-state index < -0.39 is 207 Å². The summed E-state index contributed by atoms with van der Waals surface area (Å²) in [6.45, 7) is 5.49. The lowest BCUT2D eigenvalue weighted by molar-refractivity contribution is -0.284. The molecule has 41 nitrogen and oxygen atoms in total. The number of unbranched alkanes of at least 4 members (excludes halogenated alkanes) is 7. The van der Waals surface area contributed by atoms with Crippen LogP contribution in [0.5, 0.6) is 69.0 Å². The van der Waals surface area contributed by atoms with Gasteiger partial charge in [-0.2, -0.15) is 0 Å². The van der Waals surface area contributed by atoms with Gasteiger partial charge in [-0.25, -0.2) is 14.2 Å². The first-order valence-electron chi connectivity index (χ1n) is 43.0. The van der Waals surface area contributed by atoms with Crippen LogP contribution in [0.4, 0.5) is 0 Å². The molecule has 14 atom stereocenters. The number of benzene rings is 7. The minimum absolute atomic E-state index is 0.0884. The Morgan fingerprint density at radius 2 is 1.17 bits per heavy atom. The number of hydrogen-bond acceptors (Lipinski definition) is 32. The number of carboxylic acid groups (broad SMARTS) is 1. The summed E-state index contributed by atoms with van der Waals surface area (Å²) in [5.74, 6) is -15.6. The van der Waals surface area contributed by atoms with Crippen molar-refractivity contribution >= 4 is 64.6 Å². The lowest BCUT2D eigenvalue weighted by Crippen LogP contribution is -2.65. The van der Waals surface area contributed by atoms with Crippen LogP contribution in [0.15, 0.2) is 128 Å². The van der Waals surface area contributed by atoms with Gasteiger partial charge in [0.1, 0.15) is 112 Å². The number of carboxylic acids is 1. The Bertz CT molecular complexity index is 5690. The van der Waals surface area contributed by atoms with Gasteiger partial charge < -0.3 is 135 Å². The van der Waals surface area contributed by atoms with Crippen LogP contribution in [-0.2, 0) is 92.9 Å². The standard InChI is InChI=1S/C90H101Cl2N13O28/c1-3-4-5-6-7-8-9-10-20-127-43-52-40-104(102-100-52)19-21-124-22-23-125-24-25-126-26-27-128-44-53-41-105(103-101-53)78-48-13-16-63(111)67(34-48)129-56-31-50(30-54(108)37-56)73-85(118)97-74-51-35-68(130-65-17-11-46(28-59(65)91)29-61(83(116)95-73)94-88(78)121)79(113)69(36-51)131-66-18-14-49(33-60(66)92)82(133-90-76(93-45(2)107)81(115)80(114)70(42-106)132-90)77-87(120)98-75(89(122)123)58-38-55(109)39-64(112)71(58)57-32-47(12-15-62(57)110)72(84(117)99-77)96-86(74)119/h11-18,28,30-41,61,70,72-78,80-82,86,90,96,106,108-115,119H,3-10,19-27,29,42-44H2,1-2H3,(H,93,107)(H,94,121)(H,95,116)(H,97,118)(H,98,120)(H,99,117)(H,122,123)/t61-,70-,72-,73+,74-,75-,76-,77-,78-,80-,81-,82-,86?,90+/m1/s1.